The Balaban J connectivity index is 1.91. The third-order valence-electron chi connectivity index (χ3n) is 4.28. The summed E-state index contributed by atoms with van der Waals surface area (Å²) in [5, 5.41) is 6.15. The molecule has 5 heteroatoms. The lowest BCUT2D eigenvalue weighted by molar-refractivity contribution is 0.0955. The van der Waals surface area contributed by atoms with Crippen molar-refractivity contribution in [2.24, 2.45) is 5.10 Å². The Morgan fingerprint density at radius 3 is 2.43 bits per heavy atom. The van der Waals surface area contributed by atoms with Crippen LogP contribution in [0.1, 0.15) is 35.3 Å². The number of hydrazone groups is 1. The Kier molecular flexibility index (Phi) is 6.27. The quantitative estimate of drug-likeness (QED) is 0.480. The number of fused-ring (bicyclic) bond motifs is 1. The van der Waals surface area contributed by atoms with E-state index in [2.05, 4.69) is 10.5 Å². The fraction of sp³-hybridized carbons (Fsp3) is 0.217. The Hall–Kier alpha value is -3.34. The molecule has 0 aromatic heterocycles. The summed E-state index contributed by atoms with van der Waals surface area (Å²) >= 11 is 0. The number of aryl methyl sites for hydroxylation is 1. The van der Waals surface area contributed by atoms with Crippen LogP contribution in [0.25, 0.3) is 10.8 Å². The summed E-state index contributed by atoms with van der Waals surface area (Å²) < 4.78 is 11.4. The van der Waals surface area contributed by atoms with Crippen LogP contribution in [0.5, 0.6) is 11.5 Å². The summed E-state index contributed by atoms with van der Waals surface area (Å²) in [5.74, 6) is 1.23. The molecular formula is C23H24N2O3. The summed E-state index contributed by atoms with van der Waals surface area (Å²) in [6, 6.07) is 17.1. The summed E-state index contributed by atoms with van der Waals surface area (Å²) in [5.41, 5.74) is 5.04. The van der Waals surface area contributed by atoms with E-state index in [1.54, 1.807) is 18.3 Å². The molecule has 0 saturated carbocycles. The fourth-order valence-electron chi connectivity index (χ4n) is 2.90. The van der Waals surface area contributed by atoms with Crippen LogP contribution >= 0.6 is 0 Å². The maximum atomic E-state index is 12.3. The summed E-state index contributed by atoms with van der Waals surface area (Å²) in [7, 11) is 0. The average molecular weight is 376 g/mol. The first kappa shape index (κ1) is 19.4. The first-order valence-electron chi connectivity index (χ1n) is 9.34. The highest BCUT2D eigenvalue weighted by Crippen LogP contribution is 2.30. The van der Waals surface area contributed by atoms with Gasteiger partial charge in [-0.15, -0.1) is 0 Å². The van der Waals surface area contributed by atoms with Crippen molar-refractivity contribution in [1.82, 2.24) is 5.43 Å². The number of carbonyl (C=O) groups is 1. The number of rotatable bonds is 7. The summed E-state index contributed by atoms with van der Waals surface area (Å²) in [6.45, 7) is 6.98. The summed E-state index contributed by atoms with van der Waals surface area (Å²) in [6.07, 6.45) is 1.62. The number of carbonyl (C=O) groups excluding carboxylic acids is 1. The maximum Gasteiger partial charge on any atom is 0.271 e. The predicted molar refractivity (Wildman–Crippen MR) is 113 cm³/mol. The van der Waals surface area contributed by atoms with Crippen LogP contribution in [0.4, 0.5) is 0 Å². The van der Waals surface area contributed by atoms with Crippen molar-refractivity contribution in [1.29, 1.82) is 0 Å². The number of benzene rings is 3. The standard InChI is InChI=1S/C23H24N2O3/c1-4-27-19-12-10-17-11-13-22(28-5-2)21(20(17)14-19)15-24-25-23(26)18-8-6-16(3)7-9-18/h6-15H,4-5H2,1-3H3,(H,25,26)/b24-15+. The monoisotopic (exact) mass is 376 g/mol. The molecule has 144 valence electrons. The van der Waals surface area contributed by atoms with Crippen molar-refractivity contribution >= 4 is 22.9 Å². The average Bonchev–Trinajstić information content (AvgIpc) is 2.70. The van der Waals surface area contributed by atoms with Crippen LogP contribution in [-0.4, -0.2) is 25.3 Å². The van der Waals surface area contributed by atoms with E-state index in [1.807, 2.05) is 63.2 Å². The highest BCUT2D eigenvalue weighted by molar-refractivity contribution is 6.03. The second kappa shape index (κ2) is 9.04. The van der Waals surface area contributed by atoms with Crippen molar-refractivity contribution in [2.75, 3.05) is 13.2 Å². The molecule has 5 nitrogen and oxygen atoms in total. The van der Waals surface area contributed by atoms with Gasteiger partial charge in [0.05, 0.1) is 19.4 Å². The molecule has 28 heavy (non-hydrogen) atoms. The second-order valence-electron chi connectivity index (χ2n) is 6.29. The minimum absolute atomic E-state index is 0.260. The van der Waals surface area contributed by atoms with Crippen LogP contribution in [-0.2, 0) is 0 Å². The van der Waals surface area contributed by atoms with Crippen LogP contribution in [0.3, 0.4) is 0 Å². The molecule has 3 rings (SSSR count). The molecule has 0 aliphatic carbocycles. The van der Waals surface area contributed by atoms with Crippen LogP contribution in [0.2, 0.25) is 0 Å². The van der Waals surface area contributed by atoms with Gasteiger partial charge in [0, 0.05) is 11.1 Å². The lowest BCUT2D eigenvalue weighted by Crippen LogP contribution is -2.17. The zero-order valence-corrected chi connectivity index (χ0v) is 16.4. The molecule has 0 radical (unpaired) electrons. The number of nitrogens with one attached hydrogen (secondary N) is 1. The van der Waals surface area contributed by atoms with Gasteiger partial charge in [-0.05, 0) is 61.9 Å². The molecule has 1 N–H and O–H groups in total. The third kappa shape index (κ3) is 4.49. The molecule has 3 aromatic rings. The van der Waals surface area contributed by atoms with Gasteiger partial charge in [-0.1, -0.05) is 29.8 Å². The molecule has 0 saturated heterocycles. The Morgan fingerprint density at radius 2 is 1.71 bits per heavy atom. The molecule has 0 heterocycles. The minimum atomic E-state index is -0.260. The van der Waals surface area contributed by atoms with Gasteiger partial charge in [0.15, 0.2) is 0 Å². The van der Waals surface area contributed by atoms with E-state index in [-0.39, 0.29) is 5.91 Å². The Morgan fingerprint density at radius 1 is 1.00 bits per heavy atom. The molecule has 0 fully saturated rings. The largest absolute Gasteiger partial charge is 0.494 e. The van der Waals surface area contributed by atoms with E-state index in [4.69, 9.17) is 9.47 Å². The molecule has 0 bridgehead atoms. The zero-order chi connectivity index (χ0) is 19.9. The highest BCUT2D eigenvalue weighted by Gasteiger charge is 2.09. The van der Waals surface area contributed by atoms with Gasteiger partial charge >= 0.3 is 0 Å². The topological polar surface area (TPSA) is 59.9 Å². The van der Waals surface area contributed by atoms with Gasteiger partial charge < -0.3 is 9.47 Å². The van der Waals surface area contributed by atoms with Crippen LogP contribution in [0, 0.1) is 6.92 Å². The maximum absolute atomic E-state index is 12.3. The van der Waals surface area contributed by atoms with Crippen molar-refractivity contribution in [2.45, 2.75) is 20.8 Å². The Labute approximate surface area is 165 Å². The number of amides is 1. The molecule has 0 aliphatic rings. The first-order chi connectivity index (χ1) is 13.6. The lowest BCUT2D eigenvalue weighted by atomic mass is 10.0. The molecule has 3 aromatic carbocycles. The van der Waals surface area contributed by atoms with Gasteiger partial charge in [0.25, 0.3) is 5.91 Å². The first-order valence-corrected chi connectivity index (χ1v) is 9.34. The van der Waals surface area contributed by atoms with E-state index in [1.165, 1.54) is 0 Å². The molecule has 0 unspecified atom stereocenters. The normalized spacial score (nSPS) is 11.0. The van der Waals surface area contributed by atoms with Crippen molar-refractivity contribution in [3.63, 3.8) is 0 Å². The molecule has 1 amide bonds. The SMILES string of the molecule is CCOc1ccc2ccc(OCC)c(/C=N/NC(=O)c3ccc(C)cc3)c2c1. The van der Waals surface area contributed by atoms with Gasteiger partial charge in [-0.25, -0.2) is 5.43 Å². The molecule has 0 spiro atoms. The van der Waals surface area contributed by atoms with Crippen molar-refractivity contribution < 1.29 is 14.3 Å². The van der Waals surface area contributed by atoms with Crippen molar-refractivity contribution in [3.8, 4) is 11.5 Å². The summed E-state index contributed by atoms with van der Waals surface area (Å²) in [4.78, 5) is 12.3. The fourth-order valence-corrected chi connectivity index (χ4v) is 2.90. The van der Waals surface area contributed by atoms with Crippen LogP contribution < -0.4 is 14.9 Å². The van der Waals surface area contributed by atoms with E-state index in [0.29, 0.717) is 24.5 Å². The van der Waals surface area contributed by atoms with Crippen molar-refractivity contribution in [3.05, 3.63) is 71.3 Å². The smallest absolute Gasteiger partial charge is 0.271 e. The molecular weight excluding hydrogens is 352 g/mol. The number of ether oxygens (including phenoxy) is 2. The molecule has 0 aliphatic heterocycles. The Bertz CT molecular complexity index is 989. The number of hydrogen-bond donors (Lipinski definition) is 1. The van der Waals surface area contributed by atoms with Gasteiger partial charge in [0.2, 0.25) is 0 Å². The molecule has 0 atom stereocenters. The lowest BCUT2D eigenvalue weighted by Gasteiger charge is -2.12. The van der Waals surface area contributed by atoms with Gasteiger partial charge in [-0.2, -0.15) is 5.10 Å². The number of nitrogens with zero attached hydrogens (tertiary/aromatic N) is 1. The highest BCUT2D eigenvalue weighted by atomic mass is 16.5. The van der Waals surface area contributed by atoms with E-state index in [9.17, 15) is 4.79 Å². The van der Waals surface area contributed by atoms with Gasteiger partial charge in [-0.3, -0.25) is 4.79 Å². The predicted octanol–water partition coefficient (Wildman–Crippen LogP) is 4.71. The zero-order valence-electron chi connectivity index (χ0n) is 16.4. The third-order valence-corrected chi connectivity index (χ3v) is 4.28. The van der Waals surface area contributed by atoms with E-state index < -0.39 is 0 Å². The number of hydrogen-bond acceptors (Lipinski definition) is 4. The van der Waals surface area contributed by atoms with Crippen LogP contribution in [0.15, 0.2) is 59.7 Å². The van der Waals surface area contributed by atoms with E-state index in [0.717, 1.165) is 27.6 Å². The minimum Gasteiger partial charge on any atom is -0.494 e. The second-order valence-corrected chi connectivity index (χ2v) is 6.29. The van der Waals surface area contributed by atoms with E-state index >= 15 is 0 Å². The van der Waals surface area contributed by atoms with Gasteiger partial charge in [0.1, 0.15) is 11.5 Å².